The number of carbonyl (C=O) groups excluding carboxylic acids is 5. The average molecular weight is 532 g/mol. The van der Waals surface area contributed by atoms with Crippen LogP contribution in [0.5, 0.6) is 0 Å². The Morgan fingerprint density at radius 1 is 0.703 bits per heavy atom. The Bertz CT molecular complexity index is 905. The van der Waals surface area contributed by atoms with Crippen molar-refractivity contribution in [3.63, 3.8) is 0 Å². The van der Waals surface area contributed by atoms with Crippen molar-refractivity contribution < 1.29 is 43.8 Å². The number of carboxylic acid groups (broad SMARTS) is 2. The van der Waals surface area contributed by atoms with E-state index in [9.17, 15) is 33.6 Å². The third-order valence-corrected chi connectivity index (χ3v) is 4.65. The van der Waals surface area contributed by atoms with Gasteiger partial charge in [0.25, 0.3) is 0 Å². The number of rotatable bonds is 18. The van der Waals surface area contributed by atoms with Crippen molar-refractivity contribution in [2.24, 2.45) is 33.7 Å². The van der Waals surface area contributed by atoms with E-state index >= 15 is 0 Å². The zero-order valence-electron chi connectivity index (χ0n) is 19.8. The number of carboxylic acids is 2. The lowest BCUT2D eigenvalue weighted by Crippen LogP contribution is -2.57. The Morgan fingerprint density at radius 2 is 1.24 bits per heavy atom. The monoisotopic (exact) mass is 531 g/mol. The molecule has 0 bridgehead atoms. The molecule has 0 saturated carbocycles. The Morgan fingerprint density at radius 3 is 1.73 bits per heavy atom. The highest BCUT2D eigenvalue weighted by molar-refractivity contribution is 5.96. The van der Waals surface area contributed by atoms with Crippen LogP contribution in [-0.2, 0) is 33.6 Å². The van der Waals surface area contributed by atoms with Gasteiger partial charge in [-0.15, -0.1) is 0 Å². The van der Waals surface area contributed by atoms with Crippen LogP contribution in [0.3, 0.4) is 0 Å². The number of nitrogens with two attached hydrogens (primary N) is 5. The summed E-state index contributed by atoms with van der Waals surface area (Å²) in [6.45, 7) is 0.0577. The van der Waals surface area contributed by atoms with Crippen molar-refractivity contribution >= 4 is 47.4 Å². The summed E-state index contributed by atoms with van der Waals surface area (Å²) in [7, 11) is 0. The summed E-state index contributed by atoms with van der Waals surface area (Å²) in [5.41, 5.74) is 26.2. The van der Waals surface area contributed by atoms with E-state index in [0.29, 0.717) is 0 Å². The zero-order valence-corrected chi connectivity index (χ0v) is 19.8. The van der Waals surface area contributed by atoms with Crippen LogP contribution in [0.25, 0.3) is 0 Å². The zero-order chi connectivity index (χ0) is 28.7. The molecule has 4 atom stereocenters. The number of aliphatic carboxylic acids is 2. The van der Waals surface area contributed by atoms with Gasteiger partial charge in [0, 0.05) is 13.0 Å². The molecule has 0 spiro atoms. The van der Waals surface area contributed by atoms with Crippen LogP contribution in [0, 0.1) is 0 Å². The Balaban J connectivity index is 5.65. The molecular formula is C19H33N9O9. The van der Waals surface area contributed by atoms with Gasteiger partial charge < -0.3 is 54.8 Å². The standard InChI is InChI=1S/C19H33N9O9/c20-8(3-4-12(21)29)15(33)26-9(2-1-5-25-19(23)24)16(34)27-10(7-14(31)32)17(35)28-11(18(36)37)6-13(22)30/h8-11H,1-7,20H2,(H2,21,29)(H2,22,30)(H,26,33)(H,27,34)(H,28,35)(H,31,32)(H,36,37)(H4,23,24,25). The van der Waals surface area contributed by atoms with Gasteiger partial charge in [0.1, 0.15) is 18.1 Å². The summed E-state index contributed by atoms with van der Waals surface area (Å²) < 4.78 is 0. The lowest BCUT2D eigenvalue weighted by Gasteiger charge is -2.24. The fourth-order valence-electron chi connectivity index (χ4n) is 2.81. The van der Waals surface area contributed by atoms with Gasteiger partial charge in [0.2, 0.25) is 29.5 Å². The molecule has 4 unspecified atom stereocenters. The summed E-state index contributed by atoms with van der Waals surface area (Å²) in [4.78, 5) is 86.1. The largest absolute Gasteiger partial charge is 0.481 e. The van der Waals surface area contributed by atoms with Gasteiger partial charge in [0.05, 0.1) is 18.9 Å². The Hall–Kier alpha value is -4.48. The van der Waals surface area contributed by atoms with Gasteiger partial charge in [-0.1, -0.05) is 0 Å². The van der Waals surface area contributed by atoms with E-state index in [1.165, 1.54) is 0 Å². The molecule has 0 heterocycles. The number of nitrogens with zero attached hydrogens (tertiary/aromatic N) is 1. The molecule has 0 rings (SSSR count). The van der Waals surface area contributed by atoms with Gasteiger partial charge in [0.15, 0.2) is 5.96 Å². The second kappa shape index (κ2) is 16.2. The van der Waals surface area contributed by atoms with Crippen LogP contribution in [-0.4, -0.2) is 88.4 Å². The number of hydrogen-bond donors (Lipinski definition) is 10. The summed E-state index contributed by atoms with van der Waals surface area (Å²) in [5.74, 6) is -8.20. The van der Waals surface area contributed by atoms with Gasteiger partial charge >= 0.3 is 11.9 Å². The van der Waals surface area contributed by atoms with Crippen LogP contribution < -0.4 is 44.6 Å². The third-order valence-electron chi connectivity index (χ3n) is 4.65. The third kappa shape index (κ3) is 14.5. The van der Waals surface area contributed by atoms with E-state index in [2.05, 4.69) is 15.6 Å². The maximum Gasteiger partial charge on any atom is 0.326 e. The fraction of sp³-hybridized carbons (Fsp3) is 0.579. The molecule has 37 heavy (non-hydrogen) atoms. The first-order valence-corrected chi connectivity index (χ1v) is 10.9. The molecule has 5 amide bonds. The normalized spacial score (nSPS) is 13.6. The molecule has 18 heteroatoms. The average Bonchev–Trinajstić information content (AvgIpc) is 2.77. The second-order valence-corrected chi connectivity index (χ2v) is 7.85. The van der Waals surface area contributed by atoms with Gasteiger partial charge in [-0.05, 0) is 19.3 Å². The summed E-state index contributed by atoms with van der Waals surface area (Å²) in [5, 5.41) is 24.7. The molecule has 0 aliphatic rings. The Kier molecular flexibility index (Phi) is 14.3. The first-order chi connectivity index (χ1) is 17.1. The van der Waals surface area contributed by atoms with Crippen molar-refractivity contribution in [1.82, 2.24) is 16.0 Å². The number of hydrogen-bond acceptors (Lipinski definition) is 9. The molecule has 0 radical (unpaired) electrons. The van der Waals surface area contributed by atoms with Crippen LogP contribution in [0.15, 0.2) is 4.99 Å². The molecule has 0 aliphatic carbocycles. The minimum Gasteiger partial charge on any atom is -0.481 e. The molecular weight excluding hydrogens is 498 g/mol. The lowest BCUT2D eigenvalue weighted by molar-refractivity contribution is -0.145. The van der Waals surface area contributed by atoms with Crippen LogP contribution in [0.2, 0.25) is 0 Å². The van der Waals surface area contributed by atoms with Gasteiger partial charge in [-0.3, -0.25) is 33.8 Å². The molecule has 15 N–H and O–H groups in total. The van der Waals surface area contributed by atoms with Crippen molar-refractivity contribution in [3.05, 3.63) is 0 Å². The highest BCUT2D eigenvalue weighted by Gasteiger charge is 2.32. The van der Waals surface area contributed by atoms with Crippen molar-refractivity contribution in [2.45, 2.75) is 62.7 Å². The predicted octanol–water partition coefficient (Wildman–Crippen LogP) is -5.48. The molecule has 0 saturated heterocycles. The highest BCUT2D eigenvalue weighted by Crippen LogP contribution is 2.04. The summed E-state index contributed by atoms with van der Waals surface area (Å²) in [6.07, 6.45) is -2.01. The molecule has 208 valence electrons. The topological polar surface area (TPSA) is 338 Å². The molecule has 0 fully saturated rings. The van der Waals surface area contributed by atoms with Crippen LogP contribution in [0.1, 0.15) is 38.5 Å². The number of primary amides is 2. The van der Waals surface area contributed by atoms with E-state index in [4.69, 9.17) is 38.9 Å². The molecule has 18 nitrogen and oxygen atoms in total. The minimum atomic E-state index is -1.79. The fourth-order valence-corrected chi connectivity index (χ4v) is 2.81. The number of carbonyl (C=O) groups is 7. The molecule has 0 aromatic heterocycles. The van der Waals surface area contributed by atoms with E-state index in [1.807, 2.05) is 5.32 Å². The van der Waals surface area contributed by atoms with Crippen molar-refractivity contribution in [1.29, 1.82) is 0 Å². The molecule has 0 aliphatic heterocycles. The maximum atomic E-state index is 12.9. The predicted molar refractivity (Wildman–Crippen MR) is 126 cm³/mol. The first kappa shape index (κ1) is 32.5. The van der Waals surface area contributed by atoms with E-state index in [1.54, 1.807) is 0 Å². The lowest BCUT2D eigenvalue weighted by atomic mass is 10.1. The Labute approximate surface area is 210 Å². The van der Waals surface area contributed by atoms with Crippen LogP contribution in [0.4, 0.5) is 0 Å². The van der Waals surface area contributed by atoms with E-state index < -0.39 is 78.5 Å². The number of aliphatic imine (C=N–C) groups is 1. The number of nitrogens with one attached hydrogen (secondary N) is 3. The van der Waals surface area contributed by atoms with E-state index in [-0.39, 0.29) is 38.2 Å². The second-order valence-electron chi connectivity index (χ2n) is 7.85. The van der Waals surface area contributed by atoms with Crippen molar-refractivity contribution in [2.75, 3.05) is 6.54 Å². The number of amides is 5. The first-order valence-electron chi connectivity index (χ1n) is 10.9. The summed E-state index contributed by atoms with van der Waals surface area (Å²) >= 11 is 0. The quantitative estimate of drug-likeness (QED) is 0.0449. The molecule has 0 aromatic carbocycles. The summed E-state index contributed by atoms with van der Waals surface area (Å²) in [6, 6.07) is -6.15. The number of guanidine groups is 1. The SMILES string of the molecule is NC(=O)CCC(N)C(=O)NC(CCCN=C(N)N)C(=O)NC(CC(=O)O)C(=O)NC(CC(N)=O)C(=O)O. The van der Waals surface area contributed by atoms with Gasteiger partial charge in [-0.25, -0.2) is 4.79 Å². The van der Waals surface area contributed by atoms with Crippen molar-refractivity contribution in [3.8, 4) is 0 Å². The molecule has 0 aromatic rings. The van der Waals surface area contributed by atoms with Crippen LogP contribution >= 0.6 is 0 Å². The van der Waals surface area contributed by atoms with Gasteiger partial charge in [-0.2, -0.15) is 0 Å². The maximum absolute atomic E-state index is 12.9. The highest BCUT2D eigenvalue weighted by atomic mass is 16.4. The minimum absolute atomic E-state index is 0.0577. The smallest absolute Gasteiger partial charge is 0.326 e. The van der Waals surface area contributed by atoms with E-state index in [0.717, 1.165) is 0 Å².